The average molecular weight is 303 g/mol. The summed E-state index contributed by atoms with van der Waals surface area (Å²) in [6.07, 6.45) is 0.835. The van der Waals surface area contributed by atoms with Crippen LogP contribution in [0.4, 0.5) is 0 Å². The van der Waals surface area contributed by atoms with E-state index in [1.54, 1.807) is 0 Å². The number of carbonyl (C=O) groups is 3. The van der Waals surface area contributed by atoms with Gasteiger partial charge in [0.25, 0.3) is 0 Å². The van der Waals surface area contributed by atoms with Gasteiger partial charge in [-0.2, -0.15) is 12.6 Å². The van der Waals surface area contributed by atoms with Crippen LogP contribution in [-0.2, 0) is 14.4 Å². The van der Waals surface area contributed by atoms with Gasteiger partial charge in [0.2, 0.25) is 11.8 Å². The fraction of sp³-hybridized carbons (Fsp3) is 0.769. The van der Waals surface area contributed by atoms with Crippen LogP contribution in [0, 0.1) is 5.92 Å². The van der Waals surface area contributed by atoms with Crippen LogP contribution < -0.4 is 16.4 Å². The Morgan fingerprint density at radius 3 is 2.30 bits per heavy atom. The molecule has 2 atom stereocenters. The lowest BCUT2D eigenvalue weighted by Gasteiger charge is -2.18. The number of hydrogen-bond donors (Lipinski definition) is 4. The largest absolute Gasteiger partial charge is 0.347 e. The first kappa shape index (κ1) is 18.9. The fourth-order valence-electron chi connectivity index (χ4n) is 1.43. The second-order valence-corrected chi connectivity index (χ2v) is 5.53. The third kappa shape index (κ3) is 8.16. The molecule has 0 aromatic rings. The van der Waals surface area contributed by atoms with Crippen molar-refractivity contribution in [3.8, 4) is 0 Å². The Morgan fingerprint density at radius 2 is 1.85 bits per heavy atom. The Hall–Kier alpha value is -1.08. The van der Waals surface area contributed by atoms with E-state index in [2.05, 4.69) is 23.3 Å². The van der Waals surface area contributed by atoms with Crippen molar-refractivity contribution in [3.63, 3.8) is 0 Å². The number of carbonyl (C=O) groups excluding carboxylic acids is 3. The molecule has 2 unspecified atom stereocenters. The molecule has 7 heteroatoms. The number of thiol groups is 1. The van der Waals surface area contributed by atoms with Gasteiger partial charge in [0.05, 0.1) is 6.54 Å². The summed E-state index contributed by atoms with van der Waals surface area (Å²) >= 11 is 4.03. The van der Waals surface area contributed by atoms with Gasteiger partial charge in [-0.05, 0) is 19.3 Å². The molecule has 0 bridgehead atoms. The number of rotatable bonds is 9. The lowest BCUT2D eigenvalue weighted by Crippen LogP contribution is -2.49. The second kappa shape index (κ2) is 9.77. The summed E-state index contributed by atoms with van der Waals surface area (Å²) in [7, 11) is 0. The number of nitrogens with one attached hydrogen (secondary N) is 2. The van der Waals surface area contributed by atoms with Gasteiger partial charge in [0.1, 0.15) is 11.8 Å². The molecule has 0 aliphatic rings. The summed E-state index contributed by atoms with van der Waals surface area (Å²) in [5, 5.41) is 5.04. The van der Waals surface area contributed by atoms with Gasteiger partial charge >= 0.3 is 0 Å². The van der Waals surface area contributed by atoms with Gasteiger partial charge in [0.15, 0.2) is 0 Å². The maximum Gasteiger partial charge on any atom is 0.243 e. The molecule has 20 heavy (non-hydrogen) atoms. The molecule has 4 N–H and O–H groups in total. The van der Waals surface area contributed by atoms with Crippen molar-refractivity contribution in [1.82, 2.24) is 10.6 Å². The smallest absolute Gasteiger partial charge is 0.243 e. The first-order chi connectivity index (χ1) is 9.27. The van der Waals surface area contributed by atoms with Crippen molar-refractivity contribution in [2.45, 2.75) is 45.7 Å². The quantitative estimate of drug-likeness (QED) is 0.446. The fourth-order valence-corrected chi connectivity index (χ4v) is 1.68. The van der Waals surface area contributed by atoms with E-state index in [4.69, 9.17) is 5.73 Å². The van der Waals surface area contributed by atoms with Crippen LogP contribution in [0.2, 0.25) is 0 Å². The van der Waals surface area contributed by atoms with E-state index in [9.17, 15) is 14.4 Å². The van der Waals surface area contributed by atoms with Crippen molar-refractivity contribution < 1.29 is 14.4 Å². The van der Waals surface area contributed by atoms with Gasteiger partial charge in [-0.25, -0.2) is 0 Å². The number of amides is 2. The third-order valence-electron chi connectivity index (χ3n) is 2.91. The molecule has 0 heterocycles. The predicted octanol–water partition coefficient (Wildman–Crippen LogP) is -0.130. The first-order valence-electron chi connectivity index (χ1n) is 6.70. The van der Waals surface area contributed by atoms with E-state index in [0.717, 1.165) is 0 Å². The molecule has 0 spiro atoms. The highest BCUT2D eigenvalue weighted by Crippen LogP contribution is 2.05. The molecular formula is C13H25N3O3S. The van der Waals surface area contributed by atoms with E-state index >= 15 is 0 Å². The molecule has 0 aliphatic heterocycles. The highest BCUT2D eigenvalue weighted by molar-refractivity contribution is 7.80. The maximum absolute atomic E-state index is 11.7. The minimum absolute atomic E-state index is 0.0401. The first-order valence-corrected chi connectivity index (χ1v) is 7.34. The minimum atomic E-state index is -0.736. The van der Waals surface area contributed by atoms with Crippen LogP contribution in [0.1, 0.15) is 33.6 Å². The summed E-state index contributed by atoms with van der Waals surface area (Å²) in [6.45, 7) is 5.32. The zero-order chi connectivity index (χ0) is 15.7. The number of nitrogens with two attached hydrogens (primary N) is 1. The summed E-state index contributed by atoms with van der Waals surface area (Å²) in [4.78, 5) is 34.2. The zero-order valence-corrected chi connectivity index (χ0v) is 13.2. The normalized spacial score (nSPS) is 13.7. The Bertz CT molecular complexity index is 348. The average Bonchev–Trinajstić information content (AvgIpc) is 2.38. The standard InChI is InChI=1S/C13H25N3O3S/c1-8(2)10(14)4-5-12(18)16-11(7-20)13(19)15-6-9(3)17/h8,10-11,20H,4-7,14H2,1-3H3,(H,15,19)(H,16,18). The number of ketones is 1. The predicted molar refractivity (Wildman–Crippen MR) is 81.5 cm³/mol. The van der Waals surface area contributed by atoms with Crippen LogP contribution in [0.3, 0.4) is 0 Å². The highest BCUT2D eigenvalue weighted by Gasteiger charge is 2.19. The summed E-state index contributed by atoms with van der Waals surface area (Å²) in [5.41, 5.74) is 5.86. The van der Waals surface area contributed by atoms with Gasteiger partial charge < -0.3 is 16.4 Å². The van der Waals surface area contributed by atoms with Crippen LogP contribution >= 0.6 is 12.6 Å². The molecule has 0 aromatic carbocycles. The summed E-state index contributed by atoms with van der Waals surface area (Å²) < 4.78 is 0. The van der Waals surface area contributed by atoms with Crippen molar-refractivity contribution >= 4 is 30.2 Å². The molecule has 0 aliphatic carbocycles. The van der Waals surface area contributed by atoms with E-state index in [1.807, 2.05) is 13.8 Å². The molecule has 6 nitrogen and oxygen atoms in total. The zero-order valence-electron chi connectivity index (χ0n) is 12.3. The van der Waals surface area contributed by atoms with E-state index in [-0.39, 0.29) is 36.5 Å². The van der Waals surface area contributed by atoms with Gasteiger partial charge in [-0.3, -0.25) is 14.4 Å². The molecule has 0 aromatic heterocycles. The lowest BCUT2D eigenvalue weighted by molar-refractivity contribution is -0.129. The Labute approximate surface area is 125 Å². The topological polar surface area (TPSA) is 101 Å². The second-order valence-electron chi connectivity index (χ2n) is 5.17. The van der Waals surface area contributed by atoms with Crippen molar-refractivity contribution in [2.24, 2.45) is 11.7 Å². The van der Waals surface area contributed by atoms with E-state index < -0.39 is 11.9 Å². The molecule has 2 amide bonds. The van der Waals surface area contributed by atoms with E-state index in [1.165, 1.54) is 6.92 Å². The number of Topliss-reactive ketones (excluding diaryl/α,β-unsaturated/α-hetero) is 1. The Balaban J connectivity index is 4.18. The van der Waals surface area contributed by atoms with Gasteiger partial charge in [0, 0.05) is 18.2 Å². The molecule has 116 valence electrons. The third-order valence-corrected chi connectivity index (χ3v) is 3.27. The number of hydrogen-bond acceptors (Lipinski definition) is 5. The minimum Gasteiger partial charge on any atom is -0.347 e. The molecule has 0 saturated heterocycles. The van der Waals surface area contributed by atoms with Crippen LogP contribution in [0.25, 0.3) is 0 Å². The maximum atomic E-state index is 11.7. The van der Waals surface area contributed by atoms with Gasteiger partial charge in [-0.15, -0.1) is 0 Å². The monoisotopic (exact) mass is 303 g/mol. The van der Waals surface area contributed by atoms with Crippen LogP contribution in [0.15, 0.2) is 0 Å². The van der Waals surface area contributed by atoms with Crippen LogP contribution in [-0.4, -0.2) is 42.0 Å². The summed E-state index contributed by atoms with van der Waals surface area (Å²) in [5.74, 6) is -0.311. The lowest BCUT2D eigenvalue weighted by atomic mass is 10.0. The Morgan fingerprint density at radius 1 is 1.25 bits per heavy atom. The Kier molecular flexibility index (Phi) is 9.24. The van der Waals surface area contributed by atoms with Crippen LogP contribution in [0.5, 0.6) is 0 Å². The summed E-state index contributed by atoms with van der Waals surface area (Å²) in [6, 6.07) is -0.776. The molecule has 0 saturated carbocycles. The molecule has 0 fully saturated rings. The SMILES string of the molecule is CC(=O)CNC(=O)C(CS)NC(=O)CCC(N)C(C)C. The molecule has 0 radical (unpaired) electrons. The van der Waals surface area contributed by atoms with Crippen molar-refractivity contribution in [1.29, 1.82) is 0 Å². The highest BCUT2D eigenvalue weighted by atomic mass is 32.1. The van der Waals surface area contributed by atoms with Crippen molar-refractivity contribution in [3.05, 3.63) is 0 Å². The van der Waals surface area contributed by atoms with Gasteiger partial charge in [-0.1, -0.05) is 13.8 Å². The molecule has 0 rings (SSSR count). The van der Waals surface area contributed by atoms with Crippen molar-refractivity contribution in [2.75, 3.05) is 12.3 Å². The van der Waals surface area contributed by atoms with E-state index in [0.29, 0.717) is 12.3 Å². The molecular weight excluding hydrogens is 278 g/mol.